The van der Waals surface area contributed by atoms with Gasteiger partial charge in [-0.25, -0.2) is 4.79 Å². The van der Waals surface area contributed by atoms with E-state index in [1.807, 2.05) is 6.92 Å². The van der Waals surface area contributed by atoms with E-state index < -0.39 is 5.97 Å². The highest BCUT2D eigenvalue weighted by Crippen LogP contribution is 2.08. The third-order valence-electron chi connectivity index (χ3n) is 1.74. The lowest BCUT2D eigenvalue weighted by Crippen LogP contribution is -2.07. The van der Waals surface area contributed by atoms with E-state index in [-0.39, 0.29) is 12.4 Å². The van der Waals surface area contributed by atoms with Gasteiger partial charge in [0.1, 0.15) is 0 Å². The normalized spacial score (nSPS) is 11.0. The summed E-state index contributed by atoms with van der Waals surface area (Å²) < 4.78 is 9.53. The topological polar surface area (TPSA) is 52.6 Å². The number of hydrogen-bond acceptors (Lipinski definition) is 4. The van der Waals surface area contributed by atoms with Gasteiger partial charge in [0.15, 0.2) is 0 Å². The van der Waals surface area contributed by atoms with E-state index in [1.54, 1.807) is 13.8 Å². The second kappa shape index (κ2) is 8.03. The zero-order chi connectivity index (χ0) is 11.7. The van der Waals surface area contributed by atoms with Crippen molar-refractivity contribution < 1.29 is 19.1 Å². The summed E-state index contributed by atoms with van der Waals surface area (Å²) in [6, 6.07) is 0. The van der Waals surface area contributed by atoms with Crippen LogP contribution in [0.1, 0.15) is 33.6 Å². The number of esters is 2. The molecule has 0 bridgehead atoms. The van der Waals surface area contributed by atoms with Gasteiger partial charge in [-0.15, -0.1) is 0 Å². The highest BCUT2D eigenvalue weighted by Gasteiger charge is 2.07. The lowest BCUT2D eigenvalue weighted by molar-refractivity contribution is -0.142. The summed E-state index contributed by atoms with van der Waals surface area (Å²) in [5.74, 6) is -0.714. The molecule has 0 atom stereocenters. The van der Waals surface area contributed by atoms with Gasteiger partial charge >= 0.3 is 11.9 Å². The molecule has 0 heterocycles. The van der Waals surface area contributed by atoms with Crippen molar-refractivity contribution in [3.63, 3.8) is 0 Å². The third kappa shape index (κ3) is 6.71. The van der Waals surface area contributed by atoms with Crippen molar-refractivity contribution in [1.82, 2.24) is 0 Å². The first-order valence-electron chi connectivity index (χ1n) is 5.15. The van der Waals surface area contributed by atoms with Crippen molar-refractivity contribution in [2.24, 2.45) is 0 Å². The highest BCUT2D eigenvalue weighted by molar-refractivity contribution is 5.84. The number of carbonyl (C=O) groups excluding carboxylic acids is 2. The molecule has 4 nitrogen and oxygen atoms in total. The minimum atomic E-state index is -0.404. The molecule has 0 aromatic rings. The standard InChI is InChI=1S/C11H18O4/c1-4-9(7-10(12)14-5-2)8-11(13)15-6-3/h7H,4-6,8H2,1-3H3. The molecule has 0 radical (unpaired) electrons. The average molecular weight is 214 g/mol. The first-order chi connectivity index (χ1) is 7.13. The van der Waals surface area contributed by atoms with Gasteiger partial charge in [-0.05, 0) is 20.3 Å². The van der Waals surface area contributed by atoms with Crippen molar-refractivity contribution in [2.45, 2.75) is 33.6 Å². The van der Waals surface area contributed by atoms with Gasteiger partial charge in [-0.2, -0.15) is 0 Å². The minimum Gasteiger partial charge on any atom is -0.466 e. The van der Waals surface area contributed by atoms with Gasteiger partial charge < -0.3 is 9.47 Å². The van der Waals surface area contributed by atoms with Crippen molar-refractivity contribution in [1.29, 1.82) is 0 Å². The summed E-state index contributed by atoms with van der Waals surface area (Å²) >= 11 is 0. The van der Waals surface area contributed by atoms with Crippen LogP contribution in [0.5, 0.6) is 0 Å². The van der Waals surface area contributed by atoms with Crippen molar-refractivity contribution in [2.75, 3.05) is 13.2 Å². The number of rotatable bonds is 6. The Hall–Kier alpha value is -1.32. The second-order valence-electron chi connectivity index (χ2n) is 2.89. The molecule has 0 unspecified atom stereocenters. The van der Waals surface area contributed by atoms with Crippen molar-refractivity contribution in [3.8, 4) is 0 Å². The summed E-state index contributed by atoms with van der Waals surface area (Å²) in [5, 5.41) is 0. The van der Waals surface area contributed by atoms with Crippen LogP contribution in [0.15, 0.2) is 11.6 Å². The van der Waals surface area contributed by atoms with Crippen molar-refractivity contribution >= 4 is 11.9 Å². The summed E-state index contributed by atoms with van der Waals surface area (Å²) in [6.07, 6.45) is 2.15. The Labute approximate surface area is 90.2 Å². The van der Waals surface area contributed by atoms with Gasteiger partial charge in [0.05, 0.1) is 19.6 Å². The molecule has 0 aliphatic carbocycles. The van der Waals surface area contributed by atoms with Crippen LogP contribution in [0.25, 0.3) is 0 Å². The van der Waals surface area contributed by atoms with E-state index in [0.29, 0.717) is 19.6 Å². The maximum absolute atomic E-state index is 11.1. The summed E-state index contributed by atoms with van der Waals surface area (Å²) in [6.45, 7) is 6.06. The Balaban J connectivity index is 4.22. The number of carbonyl (C=O) groups is 2. The van der Waals surface area contributed by atoms with Crippen LogP contribution in [-0.2, 0) is 19.1 Å². The Morgan fingerprint density at radius 3 is 2.13 bits per heavy atom. The Kier molecular flexibility index (Phi) is 7.32. The maximum Gasteiger partial charge on any atom is 0.330 e. The molecule has 0 aromatic carbocycles. The largest absolute Gasteiger partial charge is 0.466 e. The summed E-state index contributed by atoms with van der Waals surface area (Å²) in [5.41, 5.74) is 0.729. The van der Waals surface area contributed by atoms with E-state index in [2.05, 4.69) is 0 Å². The highest BCUT2D eigenvalue weighted by atomic mass is 16.5. The number of ether oxygens (including phenoxy) is 2. The molecule has 0 saturated carbocycles. The van der Waals surface area contributed by atoms with Gasteiger partial charge in [-0.3, -0.25) is 4.79 Å². The fourth-order valence-corrected chi connectivity index (χ4v) is 1.03. The molecule has 0 aliphatic heterocycles. The predicted molar refractivity (Wildman–Crippen MR) is 56.3 cm³/mol. The Morgan fingerprint density at radius 2 is 1.67 bits per heavy atom. The molecule has 0 fully saturated rings. The van der Waals surface area contributed by atoms with Crippen molar-refractivity contribution in [3.05, 3.63) is 11.6 Å². The quantitative estimate of drug-likeness (QED) is 0.500. The second-order valence-corrected chi connectivity index (χ2v) is 2.89. The van der Waals surface area contributed by atoms with E-state index >= 15 is 0 Å². The molecule has 0 aromatic heterocycles. The smallest absolute Gasteiger partial charge is 0.330 e. The number of hydrogen-bond donors (Lipinski definition) is 0. The minimum absolute atomic E-state index is 0.156. The molecular weight excluding hydrogens is 196 g/mol. The monoisotopic (exact) mass is 214 g/mol. The molecular formula is C11H18O4. The Bertz CT molecular complexity index is 243. The molecule has 0 aliphatic rings. The average Bonchev–Trinajstić information content (AvgIpc) is 2.17. The molecule has 0 amide bonds. The van der Waals surface area contributed by atoms with Gasteiger partial charge in [0.25, 0.3) is 0 Å². The van der Waals surface area contributed by atoms with Crippen LogP contribution in [0.2, 0.25) is 0 Å². The lowest BCUT2D eigenvalue weighted by atomic mass is 10.1. The van der Waals surface area contributed by atoms with E-state index in [9.17, 15) is 9.59 Å². The van der Waals surface area contributed by atoms with Crippen LogP contribution in [0.3, 0.4) is 0 Å². The van der Waals surface area contributed by atoms with Crippen LogP contribution in [0.4, 0.5) is 0 Å². The molecule has 0 saturated heterocycles. The molecule has 0 spiro atoms. The van der Waals surface area contributed by atoms with Crippen LogP contribution < -0.4 is 0 Å². The molecule has 15 heavy (non-hydrogen) atoms. The SMILES string of the molecule is CCOC(=O)C=C(CC)CC(=O)OCC. The van der Waals surface area contributed by atoms with Gasteiger partial charge in [0.2, 0.25) is 0 Å². The third-order valence-corrected chi connectivity index (χ3v) is 1.74. The van der Waals surface area contributed by atoms with Crippen LogP contribution >= 0.6 is 0 Å². The zero-order valence-corrected chi connectivity index (χ0v) is 9.54. The zero-order valence-electron chi connectivity index (χ0n) is 9.54. The lowest BCUT2D eigenvalue weighted by Gasteiger charge is -2.04. The van der Waals surface area contributed by atoms with Gasteiger partial charge in [0, 0.05) is 6.08 Å². The predicted octanol–water partition coefficient (Wildman–Crippen LogP) is 1.84. The molecule has 0 N–H and O–H groups in total. The van der Waals surface area contributed by atoms with Crippen LogP contribution in [0, 0.1) is 0 Å². The van der Waals surface area contributed by atoms with Crippen LogP contribution in [-0.4, -0.2) is 25.2 Å². The molecule has 4 heteroatoms. The molecule has 0 rings (SSSR count). The molecule has 86 valence electrons. The first-order valence-corrected chi connectivity index (χ1v) is 5.15. The fourth-order valence-electron chi connectivity index (χ4n) is 1.03. The fraction of sp³-hybridized carbons (Fsp3) is 0.636. The van der Waals surface area contributed by atoms with E-state index in [1.165, 1.54) is 6.08 Å². The van der Waals surface area contributed by atoms with Gasteiger partial charge in [-0.1, -0.05) is 12.5 Å². The summed E-state index contributed by atoms with van der Waals surface area (Å²) in [7, 11) is 0. The summed E-state index contributed by atoms with van der Waals surface area (Å²) in [4.78, 5) is 22.2. The van der Waals surface area contributed by atoms with E-state index in [4.69, 9.17) is 9.47 Å². The first kappa shape index (κ1) is 13.7. The maximum atomic E-state index is 11.1. The van der Waals surface area contributed by atoms with E-state index in [0.717, 1.165) is 5.57 Å². The Morgan fingerprint density at radius 1 is 1.07 bits per heavy atom.